The molecule has 0 radical (unpaired) electrons. The van der Waals surface area contributed by atoms with E-state index in [-0.39, 0.29) is 5.92 Å². The molecule has 0 saturated carbocycles. The number of rotatable bonds is 4. The van der Waals surface area contributed by atoms with E-state index >= 15 is 0 Å². The Morgan fingerprint density at radius 2 is 1.85 bits per heavy atom. The van der Waals surface area contributed by atoms with E-state index in [4.69, 9.17) is 10.5 Å². The van der Waals surface area contributed by atoms with Crippen LogP contribution in [0.3, 0.4) is 0 Å². The minimum atomic E-state index is 0.254. The van der Waals surface area contributed by atoms with Crippen molar-refractivity contribution in [1.29, 1.82) is 0 Å². The first-order valence-electron chi connectivity index (χ1n) is 6.96. The number of allylic oxidation sites excluding steroid dienone is 1. The maximum atomic E-state index is 6.04. The molecule has 1 aliphatic carbocycles. The summed E-state index contributed by atoms with van der Waals surface area (Å²) in [5.74, 6) is 1.13. The van der Waals surface area contributed by atoms with Gasteiger partial charge in [-0.15, -0.1) is 0 Å². The number of nitrogens with two attached hydrogens (primary N) is 1. The highest BCUT2D eigenvalue weighted by Gasteiger charge is 2.22. The van der Waals surface area contributed by atoms with Gasteiger partial charge in [-0.1, -0.05) is 42.5 Å². The lowest BCUT2D eigenvalue weighted by molar-refractivity contribution is 0.414. The van der Waals surface area contributed by atoms with Crippen molar-refractivity contribution in [2.75, 3.05) is 13.7 Å². The van der Waals surface area contributed by atoms with Crippen LogP contribution in [-0.2, 0) is 6.42 Å². The van der Waals surface area contributed by atoms with Gasteiger partial charge in [-0.05, 0) is 40.8 Å². The first-order chi connectivity index (χ1) is 9.83. The van der Waals surface area contributed by atoms with E-state index in [0.717, 1.165) is 12.2 Å². The van der Waals surface area contributed by atoms with Crippen LogP contribution in [0.1, 0.15) is 22.6 Å². The summed E-state index contributed by atoms with van der Waals surface area (Å²) in [4.78, 5) is 0. The molecule has 102 valence electrons. The first-order valence-corrected chi connectivity index (χ1v) is 6.96. The fourth-order valence-electron chi connectivity index (χ4n) is 2.92. The minimum absolute atomic E-state index is 0.254. The molecule has 0 bridgehead atoms. The Kier molecular flexibility index (Phi) is 3.57. The van der Waals surface area contributed by atoms with Gasteiger partial charge in [0.15, 0.2) is 0 Å². The Balaban J connectivity index is 1.94. The Morgan fingerprint density at radius 3 is 2.55 bits per heavy atom. The van der Waals surface area contributed by atoms with E-state index < -0.39 is 0 Å². The van der Waals surface area contributed by atoms with E-state index in [1.165, 1.54) is 22.3 Å². The molecule has 0 amide bonds. The van der Waals surface area contributed by atoms with Gasteiger partial charge in [0.1, 0.15) is 5.75 Å². The molecular weight excluding hydrogens is 246 g/mol. The van der Waals surface area contributed by atoms with Crippen LogP contribution in [0.2, 0.25) is 0 Å². The monoisotopic (exact) mass is 265 g/mol. The number of ether oxygens (including phenoxy) is 1. The smallest absolute Gasteiger partial charge is 0.118 e. The third-order valence-electron chi connectivity index (χ3n) is 4.00. The predicted octanol–water partition coefficient (Wildman–Crippen LogP) is 3.38. The molecule has 0 spiro atoms. The van der Waals surface area contributed by atoms with Crippen molar-refractivity contribution in [1.82, 2.24) is 0 Å². The Morgan fingerprint density at radius 1 is 1.10 bits per heavy atom. The van der Waals surface area contributed by atoms with Crippen molar-refractivity contribution in [2.45, 2.75) is 12.3 Å². The predicted molar refractivity (Wildman–Crippen MR) is 82.9 cm³/mol. The van der Waals surface area contributed by atoms with Crippen molar-refractivity contribution >= 4 is 5.57 Å². The van der Waals surface area contributed by atoms with Crippen LogP contribution in [0.4, 0.5) is 0 Å². The molecule has 1 atom stereocenters. The number of fused-ring (bicyclic) bond motifs is 1. The van der Waals surface area contributed by atoms with Crippen molar-refractivity contribution in [3.63, 3.8) is 0 Å². The van der Waals surface area contributed by atoms with Crippen molar-refractivity contribution in [2.24, 2.45) is 5.73 Å². The first kappa shape index (κ1) is 12.9. The highest BCUT2D eigenvalue weighted by molar-refractivity contribution is 5.77. The molecule has 2 N–H and O–H groups in total. The Labute approximate surface area is 119 Å². The average Bonchev–Trinajstić information content (AvgIpc) is 2.93. The molecule has 3 rings (SSSR count). The van der Waals surface area contributed by atoms with E-state index in [1.807, 2.05) is 12.1 Å². The van der Waals surface area contributed by atoms with Crippen LogP contribution in [-0.4, -0.2) is 13.7 Å². The number of benzene rings is 2. The summed E-state index contributed by atoms with van der Waals surface area (Å²) in [6.07, 6.45) is 3.32. The van der Waals surface area contributed by atoms with Gasteiger partial charge < -0.3 is 10.5 Å². The standard InChI is InChI=1S/C18H19NO/c1-20-15-9-6-14(7-10-15)18(12-19)17-11-8-13-4-2-3-5-16(13)17/h2-7,9-11,18H,8,12,19H2,1H3. The van der Waals surface area contributed by atoms with E-state index in [9.17, 15) is 0 Å². The van der Waals surface area contributed by atoms with Gasteiger partial charge in [-0.3, -0.25) is 0 Å². The molecule has 2 heteroatoms. The second kappa shape index (κ2) is 5.51. The third kappa shape index (κ3) is 2.23. The van der Waals surface area contributed by atoms with Crippen LogP contribution in [0.15, 0.2) is 54.6 Å². The summed E-state index contributed by atoms with van der Waals surface area (Å²) in [7, 11) is 1.69. The van der Waals surface area contributed by atoms with Gasteiger partial charge in [-0.2, -0.15) is 0 Å². The van der Waals surface area contributed by atoms with Crippen LogP contribution in [0, 0.1) is 0 Å². The fraction of sp³-hybridized carbons (Fsp3) is 0.222. The summed E-state index contributed by atoms with van der Waals surface area (Å²) in [6.45, 7) is 0.618. The van der Waals surface area contributed by atoms with Gasteiger partial charge in [-0.25, -0.2) is 0 Å². The Hall–Kier alpha value is -2.06. The lowest BCUT2D eigenvalue weighted by Crippen LogP contribution is -2.13. The molecule has 2 nitrogen and oxygen atoms in total. The summed E-state index contributed by atoms with van der Waals surface area (Å²) < 4.78 is 5.22. The summed E-state index contributed by atoms with van der Waals surface area (Å²) in [5.41, 5.74) is 11.4. The van der Waals surface area contributed by atoms with E-state index in [2.05, 4.69) is 42.5 Å². The van der Waals surface area contributed by atoms with Gasteiger partial charge >= 0.3 is 0 Å². The van der Waals surface area contributed by atoms with Crippen LogP contribution in [0.5, 0.6) is 5.75 Å². The zero-order valence-corrected chi connectivity index (χ0v) is 11.7. The summed E-state index contributed by atoms with van der Waals surface area (Å²) in [6, 6.07) is 16.8. The molecule has 1 aliphatic rings. The fourth-order valence-corrected chi connectivity index (χ4v) is 2.92. The molecule has 0 aliphatic heterocycles. The van der Waals surface area contributed by atoms with Crippen molar-refractivity contribution in [3.8, 4) is 5.75 Å². The molecular formula is C18H19NO. The molecule has 0 fully saturated rings. The van der Waals surface area contributed by atoms with Crippen LogP contribution in [0.25, 0.3) is 5.57 Å². The maximum Gasteiger partial charge on any atom is 0.118 e. The zero-order valence-electron chi connectivity index (χ0n) is 11.7. The van der Waals surface area contributed by atoms with Crippen molar-refractivity contribution < 1.29 is 4.74 Å². The molecule has 2 aromatic rings. The third-order valence-corrected chi connectivity index (χ3v) is 4.00. The van der Waals surface area contributed by atoms with Crippen molar-refractivity contribution in [3.05, 3.63) is 71.3 Å². The van der Waals surface area contributed by atoms with Gasteiger partial charge in [0.05, 0.1) is 7.11 Å². The molecule has 20 heavy (non-hydrogen) atoms. The van der Waals surface area contributed by atoms with E-state index in [1.54, 1.807) is 7.11 Å². The lowest BCUT2D eigenvalue weighted by atomic mass is 9.88. The average molecular weight is 265 g/mol. The maximum absolute atomic E-state index is 6.04. The van der Waals surface area contributed by atoms with Gasteiger partial charge in [0, 0.05) is 12.5 Å². The second-order valence-corrected chi connectivity index (χ2v) is 5.08. The van der Waals surface area contributed by atoms with E-state index in [0.29, 0.717) is 6.54 Å². The normalized spacial score (nSPS) is 14.6. The minimum Gasteiger partial charge on any atom is -0.497 e. The van der Waals surface area contributed by atoms with Crippen LogP contribution >= 0.6 is 0 Å². The van der Waals surface area contributed by atoms with Gasteiger partial charge in [0.2, 0.25) is 0 Å². The SMILES string of the molecule is COc1ccc(C(CN)C2=CCc3ccccc32)cc1. The summed E-state index contributed by atoms with van der Waals surface area (Å²) in [5, 5.41) is 0. The van der Waals surface area contributed by atoms with Crippen LogP contribution < -0.4 is 10.5 Å². The lowest BCUT2D eigenvalue weighted by Gasteiger charge is -2.18. The second-order valence-electron chi connectivity index (χ2n) is 5.08. The number of methoxy groups -OCH3 is 1. The largest absolute Gasteiger partial charge is 0.497 e. The van der Waals surface area contributed by atoms with Gasteiger partial charge in [0.25, 0.3) is 0 Å². The Bertz CT molecular complexity index is 628. The molecule has 2 aromatic carbocycles. The molecule has 0 aromatic heterocycles. The topological polar surface area (TPSA) is 35.2 Å². The highest BCUT2D eigenvalue weighted by atomic mass is 16.5. The molecule has 1 unspecified atom stereocenters. The molecule has 0 heterocycles. The number of hydrogen-bond donors (Lipinski definition) is 1. The quantitative estimate of drug-likeness (QED) is 0.919. The molecule has 0 saturated heterocycles. The zero-order chi connectivity index (χ0) is 13.9. The number of hydrogen-bond acceptors (Lipinski definition) is 2. The summed E-state index contributed by atoms with van der Waals surface area (Å²) >= 11 is 0. The highest BCUT2D eigenvalue weighted by Crippen LogP contribution is 2.38.